The first kappa shape index (κ1) is 14.9. The second-order valence-electron chi connectivity index (χ2n) is 6.04. The number of hydrogen-bond donors (Lipinski definition) is 1. The second kappa shape index (κ2) is 6.45. The number of H-pyrrole nitrogens is 1. The third-order valence-electron chi connectivity index (χ3n) is 4.37. The summed E-state index contributed by atoms with van der Waals surface area (Å²) < 4.78 is 7.78. The first-order valence-electron chi connectivity index (χ1n) is 8.08. The van der Waals surface area contributed by atoms with Gasteiger partial charge >= 0.3 is 0 Å². The lowest BCUT2D eigenvalue weighted by molar-refractivity contribution is 0.0731. The standard InChI is InChI=1S/C17H19N5O2/c23-17(14-3-4-19-20-14)22-8-9-24-12-13(11-22)10-15-16-2-1-6-21(16)7-5-18-15/h1-7,13H,8-12H2,(H,19,20). The van der Waals surface area contributed by atoms with E-state index < -0.39 is 0 Å². The number of ether oxygens (including phenoxy) is 1. The molecule has 7 heteroatoms. The van der Waals surface area contributed by atoms with Gasteiger partial charge in [0.1, 0.15) is 5.69 Å². The maximum atomic E-state index is 12.6. The van der Waals surface area contributed by atoms with Crippen LogP contribution in [0.25, 0.3) is 5.52 Å². The molecule has 0 aromatic carbocycles. The number of amides is 1. The van der Waals surface area contributed by atoms with Gasteiger partial charge in [0.25, 0.3) is 5.91 Å². The number of nitrogens with zero attached hydrogens (tertiary/aromatic N) is 4. The molecule has 1 saturated heterocycles. The molecule has 1 unspecified atom stereocenters. The zero-order valence-electron chi connectivity index (χ0n) is 13.3. The Hall–Kier alpha value is -2.67. The van der Waals surface area contributed by atoms with Crippen molar-refractivity contribution >= 4 is 11.4 Å². The molecule has 4 rings (SSSR count). The molecule has 124 valence electrons. The van der Waals surface area contributed by atoms with Crippen molar-refractivity contribution < 1.29 is 9.53 Å². The summed E-state index contributed by atoms with van der Waals surface area (Å²) in [6.45, 7) is 2.44. The van der Waals surface area contributed by atoms with E-state index in [4.69, 9.17) is 4.74 Å². The Morgan fingerprint density at radius 3 is 3.17 bits per heavy atom. The van der Waals surface area contributed by atoms with Gasteiger partial charge in [-0.1, -0.05) is 0 Å². The lowest BCUT2D eigenvalue weighted by atomic mass is 10.0. The summed E-state index contributed by atoms with van der Waals surface area (Å²) in [5.74, 6) is 0.185. The Morgan fingerprint density at radius 1 is 1.33 bits per heavy atom. The van der Waals surface area contributed by atoms with E-state index in [-0.39, 0.29) is 11.8 Å². The van der Waals surface area contributed by atoms with Crippen molar-refractivity contribution in [2.24, 2.45) is 5.92 Å². The average Bonchev–Trinajstić information content (AvgIpc) is 3.24. The van der Waals surface area contributed by atoms with Gasteiger partial charge in [-0.3, -0.25) is 14.9 Å². The molecule has 0 aliphatic carbocycles. The largest absolute Gasteiger partial charge is 0.379 e. The van der Waals surface area contributed by atoms with Gasteiger partial charge in [-0.2, -0.15) is 5.10 Å². The van der Waals surface area contributed by atoms with Crippen LogP contribution >= 0.6 is 0 Å². The van der Waals surface area contributed by atoms with Gasteiger partial charge in [-0.25, -0.2) is 0 Å². The Bertz CT molecular complexity index is 827. The van der Waals surface area contributed by atoms with Gasteiger partial charge < -0.3 is 14.0 Å². The van der Waals surface area contributed by atoms with Gasteiger partial charge in [0.15, 0.2) is 0 Å². The van der Waals surface area contributed by atoms with E-state index in [1.807, 2.05) is 29.6 Å². The first-order chi connectivity index (χ1) is 11.8. The summed E-state index contributed by atoms with van der Waals surface area (Å²) in [7, 11) is 0. The van der Waals surface area contributed by atoms with E-state index >= 15 is 0 Å². The van der Waals surface area contributed by atoms with Crippen LogP contribution in [0.1, 0.15) is 16.2 Å². The Morgan fingerprint density at radius 2 is 2.29 bits per heavy atom. The zero-order chi connectivity index (χ0) is 16.4. The third kappa shape index (κ3) is 2.90. The van der Waals surface area contributed by atoms with Crippen LogP contribution in [0, 0.1) is 5.92 Å². The molecule has 3 aromatic heterocycles. The zero-order valence-corrected chi connectivity index (χ0v) is 13.3. The second-order valence-corrected chi connectivity index (χ2v) is 6.04. The highest BCUT2D eigenvalue weighted by Crippen LogP contribution is 2.18. The highest BCUT2D eigenvalue weighted by atomic mass is 16.5. The molecule has 0 saturated carbocycles. The smallest absolute Gasteiger partial charge is 0.271 e. The molecule has 7 nitrogen and oxygen atoms in total. The van der Waals surface area contributed by atoms with Crippen molar-refractivity contribution in [2.75, 3.05) is 26.3 Å². The monoisotopic (exact) mass is 325 g/mol. The topological polar surface area (TPSA) is 75.5 Å². The van der Waals surface area contributed by atoms with Crippen molar-refractivity contribution in [3.8, 4) is 0 Å². The van der Waals surface area contributed by atoms with E-state index in [9.17, 15) is 4.79 Å². The summed E-state index contributed by atoms with van der Waals surface area (Å²) in [4.78, 5) is 18.9. The summed E-state index contributed by atoms with van der Waals surface area (Å²) >= 11 is 0. The quantitative estimate of drug-likeness (QED) is 0.789. The lowest BCUT2D eigenvalue weighted by Crippen LogP contribution is -2.36. The highest BCUT2D eigenvalue weighted by molar-refractivity contribution is 5.92. The molecular formula is C17H19N5O2. The Labute approximate surface area is 139 Å². The molecule has 1 atom stereocenters. The summed E-state index contributed by atoms with van der Waals surface area (Å²) in [5, 5.41) is 6.60. The number of aromatic nitrogens is 4. The average molecular weight is 325 g/mol. The van der Waals surface area contributed by atoms with Gasteiger partial charge in [0, 0.05) is 43.8 Å². The predicted octanol–water partition coefficient (Wildman–Crippen LogP) is 1.39. The Balaban J connectivity index is 1.52. The molecule has 0 bridgehead atoms. The van der Waals surface area contributed by atoms with Crippen LogP contribution in [0.5, 0.6) is 0 Å². The number of rotatable bonds is 3. The van der Waals surface area contributed by atoms with Gasteiger partial charge in [-0.05, 0) is 24.6 Å². The number of carbonyl (C=O) groups is 1. The predicted molar refractivity (Wildman–Crippen MR) is 87.7 cm³/mol. The van der Waals surface area contributed by atoms with Crippen molar-refractivity contribution in [1.82, 2.24) is 24.5 Å². The van der Waals surface area contributed by atoms with Crippen molar-refractivity contribution in [1.29, 1.82) is 0 Å². The normalized spacial score (nSPS) is 18.7. The minimum atomic E-state index is -0.0307. The van der Waals surface area contributed by atoms with Crippen LogP contribution < -0.4 is 0 Å². The fourth-order valence-electron chi connectivity index (χ4n) is 3.19. The molecule has 3 aromatic rings. The van der Waals surface area contributed by atoms with Crippen molar-refractivity contribution in [2.45, 2.75) is 6.42 Å². The minimum Gasteiger partial charge on any atom is -0.379 e. The molecular weight excluding hydrogens is 306 g/mol. The van der Waals surface area contributed by atoms with Crippen LogP contribution in [0.3, 0.4) is 0 Å². The first-order valence-corrected chi connectivity index (χ1v) is 8.08. The van der Waals surface area contributed by atoms with E-state index in [0.717, 1.165) is 17.6 Å². The minimum absolute atomic E-state index is 0.0307. The van der Waals surface area contributed by atoms with Crippen LogP contribution in [-0.4, -0.2) is 56.7 Å². The van der Waals surface area contributed by atoms with Crippen LogP contribution in [-0.2, 0) is 11.2 Å². The summed E-state index contributed by atoms with van der Waals surface area (Å²) in [6, 6.07) is 5.78. The van der Waals surface area contributed by atoms with Crippen LogP contribution in [0.15, 0.2) is 43.0 Å². The number of nitrogens with one attached hydrogen (secondary N) is 1. The maximum absolute atomic E-state index is 12.6. The molecule has 1 fully saturated rings. The number of fused-ring (bicyclic) bond motifs is 1. The van der Waals surface area contributed by atoms with Crippen molar-refractivity contribution in [3.63, 3.8) is 0 Å². The summed E-state index contributed by atoms with van der Waals surface area (Å²) in [5.41, 5.74) is 2.66. The molecule has 24 heavy (non-hydrogen) atoms. The lowest BCUT2D eigenvalue weighted by Gasteiger charge is -2.23. The third-order valence-corrected chi connectivity index (χ3v) is 4.37. The maximum Gasteiger partial charge on any atom is 0.271 e. The van der Waals surface area contributed by atoms with E-state index in [0.29, 0.717) is 32.0 Å². The molecule has 1 aliphatic rings. The van der Waals surface area contributed by atoms with E-state index in [1.54, 1.807) is 12.3 Å². The van der Waals surface area contributed by atoms with Gasteiger partial charge in [0.2, 0.25) is 0 Å². The molecule has 1 amide bonds. The van der Waals surface area contributed by atoms with Crippen LogP contribution in [0.2, 0.25) is 0 Å². The fourth-order valence-corrected chi connectivity index (χ4v) is 3.19. The molecule has 4 heterocycles. The summed E-state index contributed by atoms with van der Waals surface area (Å²) in [6.07, 6.45) is 8.14. The van der Waals surface area contributed by atoms with Gasteiger partial charge in [0.05, 0.1) is 24.4 Å². The van der Waals surface area contributed by atoms with Crippen LogP contribution in [0.4, 0.5) is 0 Å². The highest BCUT2D eigenvalue weighted by Gasteiger charge is 2.25. The fraction of sp³-hybridized carbons (Fsp3) is 0.353. The molecule has 1 N–H and O–H groups in total. The van der Waals surface area contributed by atoms with E-state index in [2.05, 4.69) is 25.6 Å². The Kier molecular flexibility index (Phi) is 4.00. The van der Waals surface area contributed by atoms with Crippen molar-refractivity contribution in [3.05, 3.63) is 54.4 Å². The van der Waals surface area contributed by atoms with Gasteiger partial charge in [-0.15, -0.1) is 0 Å². The molecule has 0 spiro atoms. The molecule has 0 radical (unpaired) electrons. The molecule has 1 aliphatic heterocycles. The number of aromatic amines is 1. The van der Waals surface area contributed by atoms with E-state index in [1.165, 1.54) is 0 Å². The SMILES string of the molecule is O=C(c1ccn[nH]1)N1CCOCC(Cc2nccn3cccc23)C1. The number of carbonyl (C=O) groups excluding carboxylic acids is 1. The number of hydrogen-bond acceptors (Lipinski definition) is 4.